The van der Waals surface area contributed by atoms with Crippen molar-refractivity contribution in [3.63, 3.8) is 0 Å². The van der Waals surface area contributed by atoms with Gasteiger partial charge in [-0.15, -0.1) is 0 Å². The standard InChI is InChI=1S/C18H17N3O3/c1-21(2)15-9-8-11(10-13(15)18(23)24-3)16-19-14-7-5-4-6-12(14)17(22)20-16/h4-10H,1-3H3,(H,19,20,22). The number of ether oxygens (including phenoxy) is 1. The third-order valence-electron chi connectivity index (χ3n) is 3.77. The quantitative estimate of drug-likeness (QED) is 0.749. The largest absolute Gasteiger partial charge is 0.465 e. The predicted octanol–water partition coefficient (Wildman–Crippen LogP) is 2.44. The van der Waals surface area contributed by atoms with Crippen LogP contribution in [0.4, 0.5) is 5.69 Å². The van der Waals surface area contributed by atoms with Gasteiger partial charge in [0.15, 0.2) is 0 Å². The van der Waals surface area contributed by atoms with Crippen molar-refractivity contribution in [2.45, 2.75) is 0 Å². The number of nitrogens with one attached hydrogen (secondary N) is 1. The molecule has 24 heavy (non-hydrogen) atoms. The first-order valence-corrected chi connectivity index (χ1v) is 7.40. The van der Waals surface area contributed by atoms with Crippen molar-refractivity contribution >= 4 is 22.6 Å². The summed E-state index contributed by atoms with van der Waals surface area (Å²) in [6, 6.07) is 12.4. The smallest absolute Gasteiger partial charge is 0.339 e. The minimum Gasteiger partial charge on any atom is -0.465 e. The SMILES string of the molecule is COC(=O)c1cc(-c2nc3ccccc3c(=O)[nH]2)ccc1N(C)C. The summed E-state index contributed by atoms with van der Waals surface area (Å²) in [5.74, 6) is -0.0298. The lowest BCUT2D eigenvalue weighted by Gasteiger charge is -2.17. The van der Waals surface area contributed by atoms with Gasteiger partial charge < -0.3 is 14.6 Å². The Morgan fingerprint density at radius 3 is 2.62 bits per heavy atom. The number of hydrogen-bond donors (Lipinski definition) is 1. The van der Waals surface area contributed by atoms with Crippen molar-refractivity contribution in [1.29, 1.82) is 0 Å². The lowest BCUT2D eigenvalue weighted by Crippen LogP contribution is -2.15. The van der Waals surface area contributed by atoms with Crippen LogP contribution >= 0.6 is 0 Å². The molecule has 0 aliphatic rings. The second-order valence-electron chi connectivity index (χ2n) is 5.55. The van der Waals surface area contributed by atoms with E-state index < -0.39 is 5.97 Å². The van der Waals surface area contributed by atoms with Crippen LogP contribution in [0.2, 0.25) is 0 Å². The molecule has 1 N–H and O–H groups in total. The van der Waals surface area contributed by atoms with Gasteiger partial charge in [-0.1, -0.05) is 12.1 Å². The topological polar surface area (TPSA) is 75.3 Å². The summed E-state index contributed by atoms with van der Waals surface area (Å²) in [5, 5.41) is 0.527. The fourth-order valence-corrected chi connectivity index (χ4v) is 2.57. The van der Waals surface area contributed by atoms with Crippen molar-refractivity contribution < 1.29 is 9.53 Å². The first kappa shape index (κ1) is 15.7. The zero-order chi connectivity index (χ0) is 17.3. The maximum Gasteiger partial charge on any atom is 0.339 e. The van der Waals surface area contributed by atoms with Crippen molar-refractivity contribution in [1.82, 2.24) is 9.97 Å². The van der Waals surface area contributed by atoms with Gasteiger partial charge in [-0.2, -0.15) is 0 Å². The lowest BCUT2D eigenvalue weighted by atomic mass is 10.1. The number of aromatic amines is 1. The highest BCUT2D eigenvalue weighted by Gasteiger charge is 2.16. The van der Waals surface area contributed by atoms with E-state index in [0.29, 0.717) is 27.9 Å². The molecule has 6 nitrogen and oxygen atoms in total. The van der Waals surface area contributed by atoms with Gasteiger partial charge in [0.2, 0.25) is 0 Å². The van der Waals surface area contributed by atoms with Gasteiger partial charge in [-0.05, 0) is 30.3 Å². The highest BCUT2D eigenvalue weighted by atomic mass is 16.5. The normalized spacial score (nSPS) is 10.6. The number of methoxy groups -OCH3 is 1. The van der Waals surface area contributed by atoms with Crippen LogP contribution in [0.3, 0.4) is 0 Å². The number of para-hydroxylation sites is 1. The van der Waals surface area contributed by atoms with Crippen molar-refractivity contribution in [2.24, 2.45) is 0 Å². The molecule has 2 aromatic carbocycles. The Hall–Kier alpha value is -3.15. The molecule has 0 aliphatic heterocycles. The van der Waals surface area contributed by atoms with Gasteiger partial charge in [0, 0.05) is 19.7 Å². The number of nitrogens with zero attached hydrogens (tertiary/aromatic N) is 2. The van der Waals surface area contributed by atoms with Crippen LogP contribution in [-0.2, 0) is 4.74 Å². The molecule has 122 valence electrons. The van der Waals surface area contributed by atoms with Crippen molar-refractivity contribution in [2.75, 3.05) is 26.1 Å². The highest BCUT2D eigenvalue weighted by molar-refractivity contribution is 5.97. The second kappa shape index (κ2) is 6.16. The molecule has 0 radical (unpaired) electrons. The van der Waals surface area contributed by atoms with E-state index in [-0.39, 0.29) is 5.56 Å². The van der Waals surface area contributed by atoms with E-state index in [0.717, 1.165) is 5.69 Å². The summed E-state index contributed by atoms with van der Waals surface area (Å²) in [7, 11) is 5.03. The predicted molar refractivity (Wildman–Crippen MR) is 93.5 cm³/mol. The Morgan fingerprint density at radius 2 is 1.92 bits per heavy atom. The molecular weight excluding hydrogens is 306 g/mol. The molecule has 3 rings (SSSR count). The molecule has 3 aromatic rings. The van der Waals surface area contributed by atoms with E-state index in [1.807, 2.05) is 31.1 Å². The lowest BCUT2D eigenvalue weighted by molar-refractivity contribution is 0.0601. The molecule has 0 aliphatic carbocycles. The number of anilines is 1. The molecule has 0 unspecified atom stereocenters. The van der Waals surface area contributed by atoms with Gasteiger partial charge in [0.05, 0.1) is 29.3 Å². The molecule has 6 heteroatoms. The second-order valence-corrected chi connectivity index (χ2v) is 5.55. The van der Waals surface area contributed by atoms with Gasteiger partial charge >= 0.3 is 5.97 Å². The molecule has 1 heterocycles. The third kappa shape index (κ3) is 2.74. The molecule has 1 aromatic heterocycles. The Morgan fingerprint density at radius 1 is 1.17 bits per heavy atom. The van der Waals surface area contributed by atoms with E-state index in [1.54, 1.807) is 30.3 Å². The Bertz CT molecular complexity index is 977. The number of carbonyl (C=O) groups is 1. The number of aromatic nitrogens is 2. The molecule has 0 atom stereocenters. The Balaban J connectivity index is 2.20. The number of H-pyrrole nitrogens is 1. The molecule has 0 spiro atoms. The van der Waals surface area contributed by atoms with Crippen molar-refractivity contribution in [3.05, 3.63) is 58.4 Å². The molecule has 0 bridgehead atoms. The van der Waals surface area contributed by atoms with E-state index >= 15 is 0 Å². The average Bonchev–Trinajstić information content (AvgIpc) is 2.60. The van der Waals surface area contributed by atoms with Crippen molar-refractivity contribution in [3.8, 4) is 11.4 Å². The minimum atomic E-state index is -0.441. The van der Waals surface area contributed by atoms with Crippen LogP contribution < -0.4 is 10.5 Å². The number of rotatable bonds is 3. The average molecular weight is 323 g/mol. The number of fused-ring (bicyclic) bond motifs is 1. The maximum atomic E-state index is 12.2. The maximum absolute atomic E-state index is 12.2. The van der Waals surface area contributed by atoms with Crippen LogP contribution in [0.15, 0.2) is 47.3 Å². The molecule has 0 saturated heterocycles. The number of esters is 1. The monoisotopic (exact) mass is 323 g/mol. The summed E-state index contributed by atoms with van der Waals surface area (Å²) < 4.78 is 4.85. The summed E-state index contributed by atoms with van der Waals surface area (Å²) in [6.07, 6.45) is 0. The number of hydrogen-bond acceptors (Lipinski definition) is 5. The zero-order valence-electron chi connectivity index (χ0n) is 13.7. The highest BCUT2D eigenvalue weighted by Crippen LogP contribution is 2.25. The minimum absolute atomic E-state index is 0.216. The fourth-order valence-electron chi connectivity index (χ4n) is 2.57. The van der Waals surface area contributed by atoms with Gasteiger partial charge in [-0.25, -0.2) is 9.78 Å². The van der Waals surface area contributed by atoms with Crippen LogP contribution in [0.1, 0.15) is 10.4 Å². The summed E-state index contributed by atoms with van der Waals surface area (Å²) in [5.41, 5.74) is 2.17. The third-order valence-corrected chi connectivity index (χ3v) is 3.77. The molecule has 0 amide bonds. The summed E-state index contributed by atoms with van der Waals surface area (Å²) >= 11 is 0. The Kier molecular flexibility index (Phi) is 4.04. The zero-order valence-corrected chi connectivity index (χ0v) is 13.7. The van der Waals surface area contributed by atoms with Crippen LogP contribution in [0.25, 0.3) is 22.3 Å². The fraction of sp³-hybridized carbons (Fsp3) is 0.167. The van der Waals surface area contributed by atoms with E-state index in [9.17, 15) is 9.59 Å². The number of carbonyl (C=O) groups excluding carboxylic acids is 1. The van der Waals surface area contributed by atoms with E-state index in [4.69, 9.17) is 4.74 Å². The van der Waals surface area contributed by atoms with Gasteiger partial charge in [-0.3, -0.25) is 4.79 Å². The molecular formula is C18H17N3O3. The first-order chi connectivity index (χ1) is 11.5. The van der Waals surface area contributed by atoms with Crippen LogP contribution in [0, 0.1) is 0 Å². The molecule has 0 fully saturated rings. The summed E-state index contributed by atoms with van der Waals surface area (Å²) in [4.78, 5) is 33.4. The van der Waals surface area contributed by atoms with Crippen LogP contribution in [-0.4, -0.2) is 37.1 Å². The van der Waals surface area contributed by atoms with Gasteiger partial charge in [0.1, 0.15) is 5.82 Å². The molecule has 0 saturated carbocycles. The van der Waals surface area contributed by atoms with E-state index in [2.05, 4.69) is 9.97 Å². The summed E-state index contributed by atoms with van der Waals surface area (Å²) in [6.45, 7) is 0. The first-order valence-electron chi connectivity index (χ1n) is 7.40. The van der Waals surface area contributed by atoms with Crippen LogP contribution in [0.5, 0.6) is 0 Å². The van der Waals surface area contributed by atoms with E-state index in [1.165, 1.54) is 7.11 Å². The number of benzene rings is 2. The Labute approximate surface area is 138 Å². The van der Waals surface area contributed by atoms with Gasteiger partial charge in [0.25, 0.3) is 5.56 Å².